The number of hydrogen-bond donors (Lipinski definition) is 2. The lowest BCUT2D eigenvalue weighted by Crippen LogP contribution is -2.22. The van der Waals surface area contributed by atoms with E-state index >= 15 is 0 Å². The molecule has 0 aliphatic heterocycles. The van der Waals surface area contributed by atoms with Crippen molar-refractivity contribution in [3.05, 3.63) is 101 Å². The molecule has 0 saturated heterocycles. The SMILES string of the molecule is CCC(=C(c1ccc(O)cc1)c1ccc(O)cc1)c1ccc(C=CC(=O)OC(C)(C)C)cc1. The van der Waals surface area contributed by atoms with Gasteiger partial charge in [0, 0.05) is 6.08 Å². The normalized spacial score (nSPS) is 11.4. The molecular formula is C29H30O4. The Morgan fingerprint density at radius 1 is 0.788 bits per heavy atom. The molecule has 0 aliphatic carbocycles. The topological polar surface area (TPSA) is 66.8 Å². The van der Waals surface area contributed by atoms with E-state index in [9.17, 15) is 15.0 Å². The first kappa shape index (κ1) is 23.9. The van der Waals surface area contributed by atoms with Crippen LogP contribution in [0.2, 0.25) is 0 Å². The van der Waals surface area contributed by atoms with Crippen LogP contribution in [0.1, 0.15) is 56.4 Å². The van der Waals surface area contributed by atoms with Crippen molar-refractivity contribution in [1.29, 1.82) is 0 Å². The minimum atomic E-state index is -0.523. The third kappa shape index (κ3) is 6.59. The molecule has 4 heteroatoms. The zero-order valence-corrected chi connectivity index (χ0v) is 19.5. The Kier molecular flexibility index (Phi) is 7.39. The molecule has 0 aliphatic rings. The van der Waals surface area contributed by atoms with Crippen LogP contribution in [0.4, 0.5) is 0 Å². The van der Waals surface area contributed by atoms with Gasteiger partial charge >= 0.3 is 5.97 Å². The Labute approximate surface area is 195 Å². The van der Waals surface area contributed by atoms with E-state index in [0.29, 0.717) is 0 Å². The largest absolute Gasteiger partial charge is 0.508 e. The summed E-state index contributed by atoms with van der Waals surface area (Å²) in [7, 11) is 0. The first-order valence-electron chi connectivity index (χ1n) is 11.0. The number of carbonyl (C=O) groups excluding carboxylic acids is 1. The Bertz CT molecular complexity index is 1100. The molecule has 0 spiro atoms. The molecule has 0 amide bonds. The second kappa shape index (κ2) is 10.2. The zero-order valence-electron chi connectivity index (χ0n) is 19.5. The smallest absolute Gasteiger partial charge is 0.331 e. The molecule has 0 saturated carbocycles. The van der Waals surface area contributed by atoms with Crippen LogP contribution in [0.5, 0.6) is 11.5 Å². The number of phenolic OH excluding ortho intramolecular Hbond substituents is 2. The molecule has 3 rings (SSSR count). The minimum absolute atomic E-state index is 0.211. The minimum Gasteiger partial charge on any atom is -0.508 e. The van der Waals surface area contributed by atoms with E-state index in [1.807, 2.05) is 69.3 Å². The highest BCUT2D eigenvalue weighted by Gasteiger charge is 2.15. The molecule has 0 atom stereocenters. The summed E-state index contributed by atoms with van der Waals surface area (Å²) in [5.41, 5.74) is 5.56. The number of ether oxygens (including phenoxy) is 1. The lowest BCUT2D eigenvalue weighted by molar-refractivity contribution is -0.148. The Morgan fingerprint density at radius 2 is 1.24 bits per heavy atom. The predicted octanol–water partition coefficient (Wildman–Crippen LogP) is 6.82. The summed E-state index contributed by atoms with van der Waals surface area (Å²) < 4.78 is 5.32. The van der Waals surface area contributed by atoms with Gasteiger partial charge in [0.1, 0.15) is 17.1 Å². The fraction of sp³-hybridized carbons (Fsp3) is 0.207. The van der Waals surface area contributed by atoms with E-state index in [1.54, 1.807) is 30.3 Å². The molecule has 3 aromatic carbocycles. The molecule has 0 bridgehead atoms. The zero-order chi connectivity index (χ0) is 24.0. The van der Waals surface area contributed by atoms with Crippen LogP contribution in [-0.4, -0.2) is 21.8 Å². The highest BCUT2D eigenvalue weighted by Crippen LogP contribution is 2.35. The number of hydrogen-bond acceptors (Lipinski definition) is 4. The highest BCUT2D eigenvalue weighted by molar-refractivity contribution is 5.98. The maximum absolute atomic E-state index is 12.0. The van der Waals surface area contributed by atoms with Crippen LogP contribution < -0.4 is 0 Å². The maximum Gasteiger partial charge on any atom is 0.331 e. The molecule has 2 N–H and O–H groups in total. The number of aromatic hydroxyl groups is 2. The second-order valence-corrected chi connectivity index (χ2v) is 8.79. The number of phenols is 2. The Morgan fingerprint density at radius 3 is 1.67 bits per heavy atom. The summed E-state index contributed by atoms with van der Waals surface area (Å²) in [6, 6.07) is 22.3. The molecule has 4 nitrogen and oxygen atoms in total. The number of benzene rings is 3. The number of carbonyl (C=O) groups is 1. The molecule has 33 heavy (non-hydrogen) atoms. The molecule has 0 radical (unpaired) electrons. The van der Waals surface area contributed by atoms with E-state index in [2.05, 4.69) is 6.92 Å². The quantitative estimate of drug-likeness (QED) is 0.250. The molecule has 3 aromatic rings. The van der Waals surface area contributed by atoms with Crippen molar-refractivity contribution in [3.63, 3.8) is 0 Å². The van der Waals surface area contributed by atoms with Gasteiger partial charge in [0.2, 0.25) is 0 Å². The maximum atomic E-state index is 12.0. The first-order valence-corrected chi connectivity index (χ1v) is 11.0. The predicted molar refractivity (Wildman–Crippen MR) is 134 cm³/mol. The van der Waals surface area contributed by atoms with Crippen molar-refractivity contribution in [2.45, 2.75) is 39.7 Å². The van der Waals surface area contributed by atoms with Crippen molar-refractivity contribution in [3.8, 4) is 11.5 Å². The second-order valence-electron chi connectivity index (χ2n) is 8.79. The Hall–Kier alpha value is -3.79. The Balaban J connectivity index is 2.00. The van der Waals surface area contributed by atoms with Crippen molar-refractivity contribution < 1.29 is 19.7 Å². The highest BCUT2D eigenvalue weighted by atomic mass is 16.6. The summed E-state index contributed by atoms with van der Waals surface area (Å²) in [6.45, 7) is 7.62. The third-order valence-corrected chi connectivity index (χ3v) is 5.05. The van der Waals surface area contributed by atoms with E-state index in [0.717, 1.165) is 39.8 Å². The molecule has 170 valence electrons. The number of allylic oxidation sites excluding steroid dienone is 1. The van der Waals surface area contributed by atoms with Crippen LogP contribution >= 0.6 is 0 Å². The van der Waals surface area contributed by atoms with Crippen molar-refractivity contribution >= 4 is 23.2 Å². The summed E-state index contributed by atoms with van der Waals surface area (Å²) >= 11 is 0. The van der Waals surface area contributed by atoms with Crippen LogP contribution in [0.15, 0.2) is 78.9 Å². The van der Waals surface area contributed by atoms with Crippen LogP contribution in [-0.2, 0) is 9.53 Å². The van der Waals surface area contributed by atoms with E-state index in [-0.39, 0.29) is 17.5 Å². The molecule has 0 unspecified atom stereocenters. The fourth-order valence-electron chi connectivity index (χ4n) is 3.59. The van der Waals surface area contributed by atoms with Crippen molar-refractivity contribution in [2.75, 3.05) is 0 Å². The van der Waals surface area contributed by atoms with Crippen LogP contribution in [0.25, 0.3) is 17.2 Å². The molecule has 0 heterocycles. The lowest BCUT2D eigenvalue weighted by Gasteiger charge is -2.18. The molecule has 0 fully saturated rings. The summed E-state index contributed by atoms with van der Waals surface area (Å²) in [6.07, 6.45) is 3.97. The third-order valence-electron chi connectivity index (χ3n) is 5.05. The van der Waals surface area contributed by atoms with Gasteiger partial charge < -0.3 is 14.9 Å². The van der Waals surface area contributed by atoms with E-state index in [4.69, 9.17) is 4.74 Å². The monoisotopic (exact) mass is 442 g/mol. The number of rotatable bonds is 6. The summed E-state index contributed by atoms with van der Waals surface area (Å²) in [5, 5.41) is 19.5. The van der Waals surface area contributed by atoms with Crippen molar-refractivity contribution in [2.24, 2.45) is 0 Å². The van der Waals surface area contributed by atoms with Gasteiger partial charge in [-0.2, -0.15) is 0 Å². The van der Waals surface area contributed by atoms with Crippen molar-refractivity contribution in [1.82, 2.24) is 0 Å². The lowest BCUT2D eigenvalue weighted by atomic mass is 9.88. The average Bonchev–Trinajstić information content (AvgIpc) is 2.77. The van der Waals surface area contributed by atoms with Gasteiger partial charge in [-0.3, -0.25) is 0 Å². The molecule has 0 aromatic heterocycles. The number of esters is 1. The van der Waals surface area contributed by atoms with Crippen LogP contribution in [0.3, 0.4) is 0 Å². The van der Waals surface area contributed by atoms with Gasteiger partial charge in [-0.25, -0.2) is 4.79 Å². The van der Waals surface area contributed by atoms with Gasteiger partial charge in [0.15, 0.2) is 0 Å². The summed E-state index contributed by atoms with van der Waals surface area (Å²) in [4.78, 5) is 12.0. The van der Waals surface area contributed by atoms with Gasteiger partial charge in [0.05, 0.1) is 0 Å². The van der Waals surface area contributed by atoms with Gasteiger partial charge in [-0.1, -0.05) is 55.5 Å². The first-order chi connectivity index (χ1) is 15.7. The fourth-order valence-corrected chi connectivity index (χ4v) is 3.59. The standard InChI is InChI=1S/C29H30O4/c1-5-26(21-9-6-20(7-10-21)8-19-27(32)33-29(2,3)4)28(22-11-15-24(30)16-12-22)23-13-17-25(31)18-14-23/h6-19,30-31H,5H2,1-4H3. The summed E-state index contributed by atoms with van der Waals surface area (Å²) in [5.74, 6) is 0.0497. The molecular weight excluding hydrogens is 412 g/mol. The van der Waals surface area contributed by atoms with Gasteiger partial charge in [-0.05, 0) is 90.9 Å². The van der Waals surface area contributed by atoms with Gasteiger partial charge in [-0.15, -0.1) is 0 Å². The average molecular weight is 443 g/mol. The van der Waals surface area contributed by atoms with Gasteiger partial charge in [0.25, 0.3) is 0 Å². The van der Waals surface area contributed by atoms with E-state index in [1.165, 1.54) is 6.08 Å². The van der Waals surface area contributed by atoms with Crippen LogP contribution in [0, 0.1) is 0 Å². The van der Waals surface area contributed by atoms with E-state index < -0.39 is 5.60 Å².